The van der Waals surface area contributed by atoms with E-state index in [-0.39, 0.29) is 0 Å². The summed E-state index contributed by atoms with van der Waals surface area (Å²) in [6.07, 6.45) is 3.61. The quantitative estimate of drug-likeness (QED) is 0.845. The highest BCUT2D eigenvalue weighted by Gasteiger charge is 2.08. The minimum Gasteiger partial charge on any atom is -0.395 e. The van der Waals surface area contributed by atoms with E-state index in [1.54, 1.807) is 0 Å². The third-order valence-electron chi connectivity index (χ3n) is 3.04. The van der Waals surface area contributed by atoms with Gasteiger partial charge in [0.15, 0.2) is 0 Å². The Morgan fingerprint density at radius 2 is 1.94 bits per heavy atom. The zero-order chi connectivity index (χ0) is 12.3. The molecule has 0 saturated carbocycles. The molecule has 1 aromatic carbocycles. The molecule has 0 aliphatic rings. The molecule has 0 fully saturated rings. The van der Waals surface area contributed by atoms with E-state index in [4.69, 9.17) is 5.73 Å². The molecule has 3 heteroatoms. The van der Waals surface area contributed by atoms with Gasteiger partial charge in [-0.3, -0.25) is 5.10 Å². The largest absolute Gasteiger partial charge is 0.395 e. The van der Waals surface area contributed by atoms with Gasteiger partial charge in [0.2, 0.25) is 0 Å². The predicted molar refractivity (Wildman–Crippen MR) is 71.8 cm³/mol. The highest BCUT2D eigenvalue weighted by Crippen LogP contribution is 2.25. The number of nitrogen functional groups attached to an aromatic ring is 1. The summed E-state index contributed by atoms with van der Waals surface area (Å²) in [6.45, 7) is 4.14. The molecule has 3 nitrogen and oxygen atoms in total. The number of rotatable bonds is 4. The van der Waals surface area contributed by atoms with Gasteiger partial charge >= 0.3 is 0 Å². The summed E-state index contributed by atoms with van der Waals surface area (Å²) in [6, 6.07) is 8.51. The fraction of sp³-hybridized carbons (Fsp3) is 0.357. The minimum absolute atomic E-state index is 0.742. The zero-order valence-corrected chi connectivity index (χ0v) is 10.5. The Hall–Kier alpha value is -1.77. The number of anilines is 1. The molecule has 90 valence electrons. The van der Waals surface area contributed by atoms with E-state index >= 15 is 0 Å². The van der Waals surface area contributed by atoms with Crippen molar-refractivity contribution in [3.05, 3.63) is 35.5 Å². The van der Waals surface area contributed by atoms with E-state index < -0.39 is 0 Å². The lowest BCUT2D eigenvalue weighted by atomic mass is 10.0. The lowest BCUT2D eigenvalue weighted by molar-refractivity contribution is 0.795. The van der Waals surface area contributed by atoms with Gasteiger partial charge in [0, 0.05) is 5.56 Å². The number of aromatic amines is 1. The fourth-order valence-electron chi connectivity index (χ4n) is 1.87. The van der Waals surface area contributed by atoms with Crippen molar-refractivity contribution >= 4 is 5.69 Å². The Kier molecular flexibility index (Phi) is 3.47. The first kappa shape index (κ1) is 11.7. The highest BCUT2D eigenvalue weighted by atomic mass is 15.1. The van der Waals surface area contributed by atoms with Gasteiger partial charge in [-0.15, -0.1) is 0 Å². The SMILES string of the molecule is CCCCc1ccc(-c2n[nH]c(C)c2N)cc1. The number of nitrogens with zero attached hydrogens (tertiary/aromatic N) is 1. The van der Waals surface area contributed by atoms with Crippen LogP contribution in [0.3, 0.4) is 0 Å². The second kappa shape index (κ2) is 5.04. The number of aromatic nitrogens is 2. The number of hydrogen-bond donors (Lipinski definition) is 2. The molecule has 1 aromatic heterocycles. The number of nitrogens with one attached hydrogen (secondary N) is 1. The van der Waals surface area contributed by atoms with Crippen molar-refractivity contribution in [2.24, 2.45) is 0 Å². The average molecular weight is 229 g/mol. The molecule has 0 aliphatic carbocycles. The molecule has 0 unspecified atom stereocenters. The Morgan fingerprint density at radius 1 is 1.24 bits per heavy atom. The maximum atomic E-state index is 5.96. The molecule has 0 spiro atoms. The molecule has 2 rings (SSSR count). The molecule has 3 N–H and O–H groups in total. The van der Waals surface area contributed by atoms with E-state index in [0.29, 0.717) is 0 Å². The first-order chi connectivity index (χ1) is 8.22. The van der Waals surface area contributed by atoms with Crippen molar-refractivity contribution in [2.45, 2.75) is 33.1 Å². The van der Waals surface area contributed by atoms with Gasteiger partial charge in [0.1, 0.15) is 5.69 Å². The predicted octanol–water partition coefficient (Wildman–Crippen LogP) is 3.31. The van der Waals surface area contributed by atoms with E-state index in [1.807, 2.05) is 6.92 Å². The van der Waals surface area contributed by atoms with Crippen LogP contribution >= 0.6 is 0 Å². The van der Waals surface area contributed by atoms with Crippen LogP contribution < -0.4 is 5.73 Å². The van der Waals surface area contributed by atoms with Crippen LogP contribution in [0.25, 0.3) is 11.3 Å². The van der Waals surface area contributed by atoms with Gasteiger partial charge in [0.25, 0.3) is 0 Å². The molecule has 17 heavy (non-hydrogen) atoms. The van der Waals surface area contributed by atoms with Crippen LogP contribution in [0.15, 0.2) is 24.3 Å². The molecule has 0 amide bonds. The van der Waals surface area contributed by atoms with Crippen LogP contribution in [0.2, 0.25) is 0 Å². The Morgan fingerprint density at radius 3 is 2.47 bits per heavy atom. The summed E-state index contributed by atoms with van der Waals surface area (Å²) in [7, 11) is 0. The second-order valence-electron chi connectivity index (χ2n) is 4.41. The zero-order valence-electron chi connectivity index (χ0n) is 10.5. The third-order valence-corrected chi connectivity index (χ3v) is 3.04. The van der Waals surface area contributed by atoms with Crippen molar-refractivity contribution in [1.82, 2.24) is 10.2 Å². The van der Waals surface area contributed by atoms with Crippen LogP contribution in [0.5, 0.6) is 0 Å². The number of benzene rings is 1. The summed E-state index contributed by atoms with van der Waals surface area (Å²) < 4.78 is 0. The van der Waals surface area contributed by atoms with E-state index in [2.05, 4.69) is 41.4 Å². The Labute approximate surface area is 102 Å². The third kappa shape index (κ3) is 2.49. The first-order valence-corrected chi connectivity index (χ1v) is 6.12. The normalized spacial score (nSPS) is 10.7. The maximum absolute atomic E-state index is 5.96. The van der Waals surface area contributed by atoms with Gasteiger partial charge in [-0.2, -0.15) is 5.10 Å². The molecule has 0 bridgehead atoms. The molecule has 0 aliphatic heterocycles. The van der Waals surface area contributed by atoms with E-state index in [9.17, 15) is 0 Å². The van der Waals surface area contributed by atoms with Crippen LogP contribution in [-0.4, -0.2) is 10.2 Å². The van der Waals surface area contributed by atoms with Crippen molar-refractivity contribution in [3.8, 4) is 11.3 Å². The average Bonchev–Trinajstić information content (AvgIpc) is 2.68. The summed E-state index contributed by atoms with van der Waals surface area (Å²) in [5.41, 5.74) is 10.9. The number of unbranched alkanes of at least 4 members (excludes halogenated alkanes) is 1. The molecular weight excluding hydrogens is 210 g/mol. The van der Waals surface area contributed by atoms with Gasteiger partial charge in [-0.25, -0.2) is 0 Å². The summed E-state index contributed by atoms with van der Waals surface area (Å²) in [4.78, 5) is 0. The van der Waals surface area contributed by atoms with Crippen LogP contribution in [0.4, 0.5) is 5.69 Å². The maximum Gasteiger partial charge on any atom is 0.115 e. The minimum atomic E-state index is 0.742. The van der Waals surface area contributed by atoms with Crippen LogP contribution in [0, 0.1) is 6.92 Å². The molecule has 0 saturated heterocycles. The lowest BCUT2D eigenvalue weighted by Crippen LogP contribution is -1.89. The van der Waals surface area contributed by atoms with Crippen molar-refractivity contribution in [2.75, 3.05) is 5.73 Å². The lowest BCUT2D eigenvalue weighted by Gasteiger charge is -2.02. The summed E-state index contributed by atoms with van der Waals surface area (Å²) >= 11 is 0. The number of aryl methyl sites for hydroxylation is 2. The Bertz CT molecular complexity index is 483. The first-order valence-electron chi connectivity index (χ1n) is 6.12. The summed E-state index contributed by atoms with van der Waals surface area (Å²) in [5.74, 6) is 0. The van der Waals surface area contributed by atoms with Gasteiger partial charge in [0.05, 0.1) is 11.4 Å². The summed E-state index contributed by atoms with van der Waals surface area (Å²) in [5, 5.41) is 7.14. The van der Waals surface area contributed by atoms with Gasteiger partial charge in [-0.05, 0) is 25.3 Å². The van der Waals surface area contributed by atoms with Crippen LogP contribution in [-0.2, 0) is 6.42 Å². The highest BCUT2D eigenvalue weighted by molar-refractivity contribution is 5.74. The topological polar surface area (TPSA) is 54.7 Å². The van der Waals surface area contributed by atoms with Crippen molar-refractivity contribution < 1.29 is 0 Å². The number of H-pyrrole nitrogens is 1. The molecule has 0 radical (unpaired) electrons. The molecular formula is C14H19N3. The van der Waals surface area contributed by atoms with Crippen molar-refractivity contribution in [1.29, 1.82) is 0 Å². The van der Waals surface area contributed by atoms with E-state index in [0.717, 1.165) is 29.1 Å². The molecule has 1 heterocycles. The second-order valence-corrected chi connectivity index (χ2v) is 4.41. The van der Waals surface area contributed by atoms with Crippen LogP contribution in [0.1, 0.15) is 31.0 Å². The van der Waals surface area contributed by atoms with Gasteiger partial charge < -0.3 is 5.73 Å². The van der Waals surface area contributed by atoms with Crippen molar-refractivity contribution in [3.63, 3.8) is 0 Å². The number of hydrogen-bond acceptors (Lipinski definition) is 2. The Balaban J connectivity index is 2.20. The van der Waals surface area contributed by atoms with Gasteiger partial charge in [-0.1, -0.05) is 37.6 Å². The monoisotopic (exact) mass is 229 g/mol. The number of nitrogens with two attached hydrogens (primary N) is 1. The molecule has 0 atom stereocenters. The smallest absolute Gasteiger partial charge is 0.115 e. The molecule has 2 aromatic rings. The fourth-order valence-corrected chi connectivity index (χ4v) is 1.87. The van der Waals surface area contributed by atoms with E-state index in [1.165, 1.54) is 18.4 Å². The standard InChI is InChI=1S/C14H19N3/c1-3-4-5-11-6-8-12(9-7-11)14-13(15)10(2)16-17-14/h6-9H,3-5,15H2,1-2H3,(H,16,17).